The van der Waals surface area contributed by atoms with Gasteiger partial charge in [0.15, 0.2) is 0 Å². The van der Waals surface area contributed by atoms with Gasteiger partial charge in [0.05, 0.1) is 5.92 Å². The van der Waals surface area contributed by atoms with E-state index < -0.39 is 23.0 Å². The third-order valence-corrected chi connectivity index (χ3v) is 3.70. The molecule has 0 radical (unpaired) electrons. The van der Waals surface area contributed by atoms with Crippen LogP contribution in [0.5, 0.6) is 0 Å². The maximum atomic E-state index is 12.3. The van der Waals surface area contributed by atoms with Gasteiger partial charge in [-0.3, -0.25) is 14.9 Å². The van der Waals surface area contributed by atoms with Crippen molar-refractivity contribution in [1.29, 1.82) is 0 Å². The molecule has 2 bridgehead atoms. The number of fused-ring (bicyclic) bond motifs is 2. The highest BCUT2D eigenvalue weighted by Gasteiger charge is 2.53. The van der Waals surface area contributed by atoms with E-state index in [4.69, 9.17) is 9.84 Å². The molecule has 0 amide bonds. The summed E-state index contributed by atoms with van der Waals surface area (Å²) in [6.07, 6.45) is 2.48. The number of esters is 1. The maximum absolute atomic E-state index is 12.3. The second-order valence-corrected chi connectivity index (χ2v) is 6.44. The Bertz CT molecular complexity index is 374. The van der Waals surface area contributed by atoms with Crippen LogP contribution in [0.25, 0.3) is 0 Å². The Morgan fingerprint density at radius 2 is 2.06 bits per heavy atom. The first kappa shape index (κ1) is 13.3. The molecule has 3 unspecified atom stereocenters. The van der Waals surface area contributed by atoms with Crippen LogP contribution in [-0.4, -0.2) is 34.2 Å². The summed E-state index contributed by atoms with van der Waals surface area (Å²) < 4.78 is 5.43. The van der Waals surface area contributed by atoms with Crippen LogP contribution in [0.4, 0.5) is 0 Å². The van der Waals surface area contributed by atoms with Gasteiger partial charge in [0.25, 0.3) is 0 Å². The van der Waals surface area contributed by atoms with Crippen molar-refractivity contribution >= 4 is 11.9 Å². The number of aliphatic carboxylic acids is 1. The highest BCUT2D eigenvalue weighted by Crippen LogP contribution is 2.40. The van der Waals surface area contributed by atoms with Gasteiger partial charge >= 0.3 is 11.9 Å². The molecule has 3 atom stereocenters. The number of carbonyl (C=O) groups is 2. The first-order chi connectivity index (χ1) is 8.22. The molecule has 0 aromatic carbocycles. The Morgan fingerprint density at radius 3 is 2.61 bits per heavy atom. The van der Waals surface area contributed by atoms with Crippen molar-refractivity contribution in [3.8, 4) is 0 Å². The van der Waals surface area contributed by atoms with Crippen LogP contribution >= 0.6 is 0 Å². The molecule has 2 aliphatic heterocycles. The van der Waals surface area contributed by atoms with Crippen LogP contribution in [0.15, 0.2) is 0 Å². The summed E-state index contributed by atoms with van der Waals surface area (Å²) in [6.45, 7) is 5.47. The summed E-state index contributed by atoms with van der Waals surface area (Å²) in [5, 5.41) is 12.4. The minimum absolute atomic E-state index is 0.132. The fourth-order valence-corrected chi connectivity index (χ4v) is 2.95. The average molecular weight is 255 g/mol. The first-order valence-corrected chi connectivity index (χ1v) is 6.46. The molecule has 18 heavy (non-hydrogen) atoms. The summed E-state index contributed by atoms with van der Waals surface area (Å²) in [5.74, 6) is -1.55. The van der Waals surface area contributed by atoms with E-state index in [-0.39, 0.29) is 12.0 Å². The number of nitrogens with one attached hydrogen (secondary N) is 1. The van der Waals surface area contributed by atoms with Crippen LogP contribution in [0.1, 0.15) is 46.5 Å². The van der Waals surface area contributed by atoms with E-state index in [0.717, 1.165) is 6.42 Å². The van der Waals surface area contributed by atoms with Crippen molar-refractivity contribution < 1.29 is 19.4 Å². The Balaban J connectivity index is 2.15. The zero-order chi connectivity index (χ0) is 13.6. The lowest BCUT2D eigenvalue weighted by Crippen LogP contribution is -2.57. The number of rotatable bonds is 2. The zero-order valence-electron chi connectivity index (χ0n) is 11.2. The molecule has 0 aliphatic carbocycles. The molecule has 0 aromatic rings. The van der Waals surface area contributed by atoms with Gasteiger partial charge in [-0.2, -0.15) is 0 Å². The van der Waals surface area contributed by atoms with Crippen molar-refractivity contribution in [1.82, 2.24) is 5.32 Å². The van der Waals surface area contributed by atoms with Gasteiger partial charge in [0.1, 0.15) is 11.1 Å². The van der Waals surface area contributed by atoms with Gasteiger partial charge in [0, 0.05) is 6.04 Å². The predicted octanol–water partition coefficient (Wildman–Crippen LogP) is 1.31. The van der Waals surface area contributed by atoms with E-state index in [0.29, 0.717) is 19.3 Å². The van der Waals surface area contributed by atoms with Crippen LogP contribution < -0.4 is 5.32 Å². The number of piperidine rings is 1. The van der Waals surface area contributed by atoms with Gasteiger partial charge in [-0.1, -0.05) is 0 Å². The first-order valence-electron chi connectivity index (χ1n) is 6.46. The number of hydrogen-bond acceptors (Lipinski definition) is 4. The number of carbonyl (C=O) groups excluding carboxylic acids is 1. The van der Waals surface area contributed by atoms with E-state index in [1.54, 1.807) is 0 Å². The Kier molecular flexibility index (Phi) is 3.13. The quantitative estimate of drug-likeness (QED) is 0.728. The van der Waals surface area contributed by atoms with Crippen LogP contribution in [0.2, 0.25) is 0 Å². The highest BCUT2D eigenvalue weighted by molar-refractivity contribution is 5.83. The van der Waals surface area contributed by atoms with Gasteiger partial charge in [-0.05, 0) is 46.5 Å². The Morgan fingerprint density at radius 1 is 1.39 bits per heavy atom. The molecular formula is C13H21NO4. The summed E-state index contributed by atoms with van der Waals surface area (Å²) in [4.78, 5) is 23.4. The smallest absolute Gasteiger partial charge is 0.326 e. The second kappa shape index (κ2) is 4.23. The maximum Gasteiger partial charge on any atom is 0.326 e. The van der Waals surface area contributed by atoms with E-state index in [2.05, 4.69) is 5.32 Å². The van der Waals surface area contributed by atoms with Crippen LogP contribution in [-0.2, 0) is 14.3 Å². The van der Waals surface area contributed by atoms with Crippen LogP contribution in [0.3, 0.4) is 0 Å². The molecule has 2 saturated heterocycles. The van der Waals surface area contributed by atoms with Crippen LogP contribution in [0, 0.1) is 5.92 Å². The zero-order valence-corrected chi connectivity index (χ0v) is 11.2. The minimum Gasteiger partial charge on any atom is -0.481 e. The van der Waals surface area contributed by atoms with Crippen molar-refractivity contribution in [2.75, 3.05) is 0 Å². The predicted molar refractivity (Wildman–Crippen MR) is 65.1 cm³/mol. The highest BCUT2D eigenvalue weighted by atomic mass is 16.6. The summed E-state index contributed by atoms with van der Waals surface area (Å²) in [7, 11) is 0. The molecule has 2 fully saturated rings. The normalized spacial score (nSPS) is 35.3. The third kappa shape index (κ3) is 2.51. The molecule has 0 aromatic heterocycles. The molecular weight excluding hydrogens is 234 g/mol. The molecule has 5 nitrogen and oxygen atoms in total. The molecule has 0 spiro atoms. The second-order valence-electron chi connectivity index (χ2n) is 6.44. The monoisotopic (exact) mass is 255 g/mol. The lowest BCUT2D eigenvalue weighted by atomic mass is 9.83. The fraction of sp³-hybridized carbons (Fsp3) is 0.846. The summed E-state index contributed by atoms with van der Waals surface area (Å²) >= 11 is 0. The largest absolute Gasteiger partial charge is 0.481 e. The van der Waals surface area contributed by atoms with Crippen molar-refractivity contribution in [3.05, 3.63) is 0 Å². The Hall–Kier alpha value is -1.10. The molecule has 0 saturated carbocycles. The van der Waals surface area contributed by atoms with Gasteiger partial charge in [0.2, 0.25) is 0 Å². The van der Waals surface area contributed by atoms with E-state index in [1.807, 2.05) is 20.8 Å². The van der Waals surface area contributed by atoms with Crippen molar-refractivity contribution in [2.45, 2.75) is 63.6 Å². The van der Waals surface area contributed by atoms with Crippen molar-refractivity contribution in [3.63, 3.8) is 0 Å². The lowest BCUT2D eigenvalue weighted by Gasteiger charge is -2.37. The van der Waals surface area contributed by atoms with E-state index in [1.165, 1.54) is 0 Å². The standard InChI is InChI=1S/C13H21NO4/c1-12(2,3)18-11(17)13-5-4-9(14-13)6-8(7-13)10(15)16/h8-9,14H,4-7H2,1-3H3,(H,15,16). The van der Waals surface area contributed by atoms with E-state index in [9.17, 15) is 9.59 Å². The Labute approximate surface area is 107 Å². The lowest BCUT2D eigenvalue weighted by molar-refractivity contribution is -0.165. The van der Waals surface area contributed by atoms with E-state index >= 15 is 0 Å². The van der Waals surface area contributed by atoms with Gasteiger partial charge < -0.3 is 9.84 Å². The van der Waals surface area contributed by atoms with Crippen molar-refractivity contribution in [2.24, 2.45) is 5.92 Å². The molecule has 5 heteroatoms. The summed E-state index contributed by atoms with van der Waals surface area (Å²) in [5.41, 5.74) is -1.32. The molecule has 2 heterocycles. The number of hydrogen-bond donors (Lipinski definition) is 2. The number of ether oxygens (including phenoxy) is 1. The topological polar surface area (TPSA) is 75.6 Å². The number of carboxylic acid groups (broad SMARTS) is 1. The van der Waals surface area contributed by atoms with Gasteiger partial charge in [-0.15, -0.1) is 0 Å². The minimum atomic E-state index is -0.809. The SMILES string of the molecule is CC(C)(C)OC(=O)C12CCC(CC(C(=O)O)C1)N2. The average Bonchev–Trinajstić information content (AvgIpc) is 2.52. The fourth-order valence-electron chi connectivity index (χ4n) is 2.95. The molecule has 2 rings (SSSR count). The molecule has 2 N–H and O–H groups in total. The van der Waals surface area contributed by atoms with Gasteiger partial charge in [-0.25, -0.2) is 0 Å². The third-order valence-electron chi connectivity index (χ3n) is 3.70. The summed E-state index contributed by atoms with van der Waals surface area (Å²) in [6, 6.07) is 0.132. The molecule has 102 valence electrons. The molecule has 2 aliphatic rings. The number of carboxylic acids is 1.